The summed E-state index contributed by atoms with van der Waals surface area (Å²) in [5, 5.41) is 0. The van der Waals surface area contributed by atoms with Crippen molar-refractivity contribution in [2.45, 2.75) is 77.6 Å². The van der Waals surface area contributed by atoms with Crippen LogP contribution in [0.25, 0.3) is 0 Å². The van der Waals surface area contributed by atoms with E-state index in [1.807, 2.05) is 0 Å². The number of ether oxygens (including phenoxy) is 1. The van der Waals surface area contributed by atoms with Gasteiger partial charge in [0.05, 0.1) is 13.2 Å². The highest BCUT2D eigenvalue weighted by atomic mass is 31.2. The fourth-order valence-corrected chi connectivity index (χ4v) is 2.45. The summed E-state index contributed by atoms with van der Waals surface area (Å²) >= 11 is 0. The summed E-state index contributed by atoms with van der Waals surface area (Å²) < 4.78 is 19.6. The van der Waals surface area contributed by atoms with Crippen molar-refractivity contribution in [3.8, 4) is 0 Å². The first-order chi connectivity index (χ1) is 10.5. The number of rotatable bonds is 15. The molecule has 0 atom stereocenters. The average Bonchev–Trinajstić information content (AvgIpc) is 2.44. The molecular formula is C15H31O6P. The maximum atomic E-state index is 11.4. The third-order valence-corrected chi connectivity index (χ3v) is 3.81. The van der Waals surface area contributed by atoms with Crippen molar-refractivity contribution in [2.75, 3.05) is 13.2 Å². The molecule has 0 rings (SSSR count). The smallest absolute Gasteiger partial charge is 0.466 e. The molecule has 0 bridgehead atoms. The second-order valence-corrected chi connectivity index (χ2v) is 6.72. The average molecular weight is 338 g/mol. The molecule has 2 N–H and O–H groups in total. The fraction of sp³-hybridized carbons (Fsp3) is 0.933. The van der Waals surface area contributed by atoms with E-state index in [1.54, 1.807) is 0 Å². The van der Waals surface area contributed by atoms with Gasteiger partial charge in [-0.1, -0.05) is 58.3 Å². The Bertz CT molecular complexity index is 315. The summed E-state index contributed by atoms with van der Waals surface area (Å²) in [6.07, 6.45) is 11.5. The SMILES string of the molecule is CCCCCCCCCCCC(=O)OCCCOP(=O)(O)O. The van der Waals surface area contributed by atoms with Crippen LogP contribution < -0.4 is 0 Å². The van der Waals surface area contributed by atoms with E-state index in [-0.39, 0.29) is 25.6 Å². The Hall–Kier alpha value is -0.420. The van der Waals surface area contributed by atoms with Gasteiger partial charge in [0.25, 0.3) is 0 Å². The van der Waals surface area contributed by atoms with Gasteiger partial charge in [-0.2, -0.15) is 0 Å². The van der Waals surface area contributed by atoms with E-state index in [0.29, 0.717) is 6.42 Å². The molecular weight excluding hydrogens is 307 g/mol. The fourth-order valence-electron chi connectivity index (χ4n) is 2.08. The quantitative estimate of drug-likeness (QED) is 0.267. The van der Waals surface area contributed by atoms with Crippen molar-refractivity contribution in [3.63, 3.8) is 0 Å². The molecule has 0 unspecified atom stereocenters. The summed E-state index contributed by atoms with van der Waals surface area (Å²) in [4.78, 5) is 28.3. The van der Waals surface area contributed by atoms with E-state index in [1.165, 1.54) is 38.5 Å². The summed E-state index contributed by atoms with van der Waals surface area (Å²) in [6, 6.07) is 0. The molecule has 7 heteroatoms. The summed E-state index contributed by atoms with van der Waals surface area (Å²) in [5.74, 6) is -0.251. The van der Waals surface area contributed by atoms with Gasteiger partial charge in [0.1, 0.15) is 0 Å². The van der Waals surface area contributed by atoms with E-state index < -0.39 is 7.82 Å². The van der Waals surface area contributed by atoms with Gasteiger partial charge in [0.2, 0.25) is 0 Å². The zero-order valence-corrected chi connectivity index (χ0v) is 14.6. The number of esters is 1. The lowest BCUT2D eigenvalue weighted by Crippen LogP contribution is -2.07. The molecule has 0 aliphatic carbocycles. The van der Waals surface area contributed by atoms with E-state index in [4.69, 9.17) is 14.5 Å². The Morgan fingerprint density at radius 1 is 0.864 bits per heavy atom. The molecule has 0 aromatic carbocycles. The highest BCUT2D eigenvalue weighted by Crippen LogP contribution is 2.35. The van der Waals surface area contributed by atoms with Crippen molar-refractivity contribution in [1.29, 1.82) is 0 Å². The monoisotopic (exact) mass is 338 g/mol. The molecule has 0 saturated carbocycles. The van der Waals surface area contributed by atoms with Crippen molar-refractivity contribution in [3.05, 3.63) is 0 Å². The number of phosphoric ester groups is 1. The minimum absolute atomic E-state index is 0.115. The van der Waals surface area contributed by atoms with Crippen LogP contribution in [0.1, 0.15) is 77.6 Å². The van der Waals surface area contributed by atoms with Crippen LogP contribution in [-0.2, 0) is 18.6 Å². The maximum absolute atomic E-state index is 11.4. The number of phosphoric acid groups is 1. The van der Waals surface area contributed by atoms with E-state index >= 15 is 0 Å². The van der Waals surface area contributed by atoms with Crippen molar-refractivity contribution < 1.29 is 28.4 Å². The zero-order valence-electron chi connectivity index (χ0n) is 13.7. The standard InChI is InChI=1S/C15H31O6P/c1-2-3-4-5-6-7-8-9-10-12-15(16)20-13-11-14-21-22(17,18)19/h2-14H2,1H3,(H2,17,18,19). The zero-order chi connectivity index (χ0) is 16.7. The highest BCUT2D eigenvalue weighted by Gasteiger charge is 2.12. The normalized spacial score (nSPS) is 11.6. The molecule has 0 amide bonds. The Morgan fingerprint density at radius 3 is 1.95 bits per heavy atom. The molecule has 0 aliphatic heterocycles. The van der Waals surface area contributed by atoms with Crippen LogP contribution in [0.2, 0.25) is 0 Å². The molecule has 132 valence electrons. The topological polar surface area (TPSA) is 93.1 Å². The first kappa shape index (κ1) is 21.6. The highest BCUT2D eigenvalue weighted by molar-refractivity contribution is 7.46. The predicted molar refractivity (Wildman–Crippen MR) is 85.4 cm³/mol. The first-order valence-electron chi connectivity index (χ1n) is 8.31. The minimum Gasteiger partial charge on any atom is -0.466 e. The molecule has 0 aliphatic rings. The molecule has 0 aromatic heterocycles. The van der Waals surface area contributed by atoms with Gasteiger partial charge in [-0.3, -0.25) is 9.32 Å². The Balaban J connectivity index is 3.24. The van der Waals surface area contributed by atoms with Gasteiger partial charge in [-0.25, -0.2) is 4.57 Å². The largest absolute Gasteiger partial charge is 0.469 e. The van der Waals surface area contributed by atoms with Gasteiger partial charge in [0, 0.05) is 12.8 Å². The van der Waals surface area contributed by atoms with Gasteiger partial charge >= 0.3 is 13.8 Å². The molecule has 0 heterocycles. The third kappa shape index (κ3) is 17.6. The lowest BCUT2D eigenvalue weighted by molar-refractivity contribution is -0.144. The van der Waals surface area contributed by atoms with Crippen LogP contribution >= 0.6 is 7.82 Å². The summed E-state index contributed by atoms with van der Waals surface area (Å²) in [7, 11) is -4.41. The van der Waals surface area contributed by atoms with Crippen molar-refractivity contribution >= 4 is 13.8 Å². The molecule has 0 fully saturated rings. The van der Waals surface area contributed by atoms with E-state index in [2.05, 4.69) is 11.4 Å². The summed E-state index contributed by atoms with van der Waals surface area (Å²) in [5.41, 5.74) is 0. The number of carbonyl (C=O) groups is 1. The number of carbonyl (C=O) groups excluding carboxylic acids is 1. The number of hydrogen-bond acceptors (Lipinski definition) is 4. The summed E-state index contributed by atoms with van der Waals surface area (Å²) in [6.45, 7) is 2.23. The minimum atomic E-state index is -4.41. The third-order valence-electron chi connectivity index (χ3n) is 3.30. The second kappa shape index (κ2) is 14.2. The van der Waals surface area contributed by atoms with E-state index in [9.17, 15) is 9.36 Å². The van der Waals surface area contributed by atoms with Crippen LogP contribution in [0.3, 0.4) is 0 Å². The van der Waals surface area contributed by atoms with Crippen LogP contribution in [0, 0.1) is 0 Å². The number of unbranched alkanes of at least 4 members (excludes halogenated alkanes) is 8. The first-order valence-corrected chi connectivity index (χ1v) is 9.84. The van der Waals surface area contributed by atoms with Gasteiger partial charge in [0.15, 0.2) is 0 Å². The lowest BCUT2D eigenvalue weighted by atomic mass is 10.1. The van der Waals surface area contributed by atoms with E-state index in [0.717, 1.165) is 19.3 Å². The Labute approximate surface area is 133 Å². The molecule has 6 nitrogen and oxygen atoms in total. The van der Waals surface area contributed by atoms with Crippen LogP contribution in [0.5, 0.6) is 0 Å². The second-order valence-electron chi connectivity index (χ2n) is 5.48. The molecule has 0 radical (unpaired) electrons. The van der Waals surface area contributed by atoms with Crippen molar-refractivity contribution in [2.24, 2.45) is 0 Å². The maximum Gasteiger partial charge on any atom is 0.469 e. The Kier molecular flexibility index (Phi) is 13.9. The van der Waals surface area contributed by atoms with Crippen LogP contribution in [-0.4, -0.2) is 29.0 Å². The molecule has 0 saturated heterocycles. The molecule has 0 aromatic rings. The van der Waals surface area contributed by atoms with Gasteiger partial charge in [-0.15, -0.1) is 0 Å². The van der Waals surface area contributed by atoms with Gasteiger partial charge in [-0.05, 0) is 6.42 Å². The number of hydrogen-bond donors (Lipinski definition) is 2. The predicted octanol–water partition coefficient (Wildman–Crippen LogP) is 3.95. The molecule has 22 heavy (non-hydrogen) atoms. The Morgan fingerprint density at radius 2 is 1.41 bits per heavy atom. The van der Waals surface area contributed by atoms with Gasteiger partial charge < -0.3 is 14.5 Å². The lowest BCUT2D eigenvalue weighted by Gasteiger charge is -2.06. The van der Waals surface area contributed by atoms with Crippen molar-refractivity contribution in [1.82, 2.24) is 0 Å². The van der Waals surface area contributed by atoms with Crippen LogP contribution in [0.4, 0.5) is 0 Å². The van der Waals surface area contributed by atoms with Crippen LogP contribution in [0.15, 0.2) is 0 Å². The molecule has 0 spiro atoms.